The number of aliphatic hydroxyl groups is 1. The van der Waals surface area contributed by atoms with Crippen molar-refractivity contribution in [3.8, 4) is 0 Å². The smallest absolute Gasteiger partial charge is 0.172 e. The number of anilines is 1. The van der Waals surface area contributed by atoms with E-state index in [0.717, 1.165) is 45.2 Å². The third kappa shape index (κ3) is 3.53. The number of hydrogen-bond acceptors (Lipinski definition) is 4. The minimum Gasteiger partial charge on any atom is -0.391 e. The fourth-order valence-corrected chi connectivity index (χ4v) is 4.58. The first-order valence-corrected chi connectivity index (χ1v) is 9.92. The highest BCUT2D eigenvalue weighted by atomic mass is 35.5. The molecular formula is C20H25ClFN3O. The van der Waals surface area contributed by atoms with Gasteiger partial charge in [-0.15, -0.1) is 0 Å². The zero-order valence-corrected chi connectivity index (χ0v) is 15.6. The van der Waals surface area contributed by atoms with Gasteiger partial charge in [-0.3, -0.25) is 9.88 Å². The van der Waals surface area contributed by atoms with Gasteiger partial charge in [-0.1, -0.05) is 24.4 Å². The topological polar surface area (TPSA) is 48.4 Å². The normalized spacial score (nSPS) is 25.5. The zero-order chi connectivity index (χ0) is 18.1. The van der Waals surface area contributed by atoms with E-state index in [1.165, 1.54) is 12.6 Å². The van der Waals surface area contributed by atoms with E-state index in [0.29, 0.717) is 27.7 Å². The second-order valence-corrected chi connectivity index (χ2v) is 7.90. The molecule has 2 fully saturated rings. The van der Waals surface area contributed by atoms with E-state index < -0.39 is 0 Å². The lowest BCUT2D eigenvalue weighted by molar-refractivity contribution is 0.00993. The quantitative estimate of drug-likeness (QED) is 0.841. The first-order chi connectivity index (χ1) is 12.6. The molecule has 1 aromatic heterocycles. The number of aromatic nitrogens is 1. The molecule has 0 spiro atoms. The summed E-state index contributed by atoms with van der Waals surface area (Å²) in [5.41, 5.74) is 0.800. The number of likely N-dealkylation sites (tertiary alicyclic amines) is 1. The van der Waals surface area contributed by atoms with Gasteiger partial charge in [0, 0.05) is 36.8 Å². The monoisotopic (exact) mass is 377 g/mol. The van der Waals surface area contributed by atoms with Crippen LogP contribution < -0.4 is 5.32 Å². The maximum Gasteiger partial charge on any atom is 0.172 e. The minimum absolute atomic E-state index is 0.193. The van der Waals surface area contributed by atoms with Crippen molar-refractivity contribution in [2.24, 2.45) is 0 Å². The molecule has 1 aliphatic carbocycles. The van der Waals surface area contributed by atoms with E-state index in [2.05, 4.69) is 15.2 Å². The summed E-state index contributed by atoms with van der Waals surface area (Å²) in [7, 11) is 0. The third-order valence-corrected chi connectivity index (χ3v) is 6.18. The molecule has 1 saturated heterocycles. The Labute approximate surface area is 158 Å². The molecule has 1 saturated carbocycles. The molecule has 0 bridgehead atoms. The van der Waals surface area contributed by atoms with Crippen molar-refractivity contribution in [1.82, 2.24) is 9.88 Å². The van der Waals surface area contributed by atoms with Crippen LogP contribution in [0, 0.1) is 5.82 Å². The van der Waals surface area contributed by atoms with E-state index in [-0.39, 0.29) is 18.0 Å². The molecule has 2 aliphatic rings. The van der Waals surface area contributed by atoms with Crippen LogP contribution in [0.1, 0.15) is 38.5 Å². The molecule has 26 heavy (non-hydrogen) atoms. The van der Waals surface area contributed by atoms with Crippen molar-refractivity contribution in [2.75, 3.05) is 18.4 Å². The number of piperidine rings is 1. The second-order valence-electron chi connectivity index (χ2n) is 7.49. The Hall–Kier alpha value is -1.43. The van der Waals surface area contributed by atoms with Crippen molar-refractivity contribution in [1.29, 1.82) is 0 Å². The van der Waals surface area contributed by atoms with Crippen molar-refractivity contribution >= 4 is 28.2 Å². The number of pyridine rings is 1. The number of rotatable bonds is 3. The number of hydrogen-bond donors (Lipinski definition) is 2. The van der Waals surface area contributed by atoms with Gasteiger partial charge in [0.05, 0.1) is 16.8 Å². The Morgan fingerprint density at radius 3 is 2.65 bits per heavy atom. The zero-order valence-electron chi connectivity index (χ0n) is 14.8. The summed E-state index contributed by atoms with van der Waals surface area (Å²) in [6.45, 7) is 1.89. The predicted molar refractivity (Wildman–Crippen MR) is 103 cm³/mol. The van der Waals surface area contributed by atoms with Gasteiger partial charge in [0.15, 0.2) is 5.82 Å². The van der Waals surface area contributed by atoms with Gasteiger partial charge in [-0.05, 0) is 43.9 Å². The van der Waals surface area contributed by atoms with Crippen molar-refractivity contribution in [2.45, 2.75) is 56.7 Å². The lowest BCUT2D eigenvalue weighted by Gasteiger charge is -2.41. The van der Waals surface area contributed by atoms with Crippen LogP contribution in [0.15, 0.2) is 24.4 Å². The first kappa shape index (κ1) is 18.0. The Kier molecular flexibility index (Phi) is 5.30. The number of aliphatic hydroxyl groups excluding tert-OH is 1. The van der Waals surface area contributed by atoms with Crippen LogP contribution in [0.25, 0.3) is 10.9 Å². The molecule has 0 radical (unpaired) electrons. The number of benzene rings is 1. The molecule has 2 N–H and O–H groups in total. The minimum atomic E-state index is -0.338. The molecule has 2 aromatic rings. The van der Waals surface area contributed by atoms with Crippen molar-refractivity contribution in [3.63, 3.8) is 0 Å². The van der Waals surface area contributed by atoms with E-state index in [1.807, 2.05) is 6.07 Å². The van der Waals surface area contributed by atoms with Crippen LogP contribution in [-0.2, 0) is 0 Å². The molecular weight excluding hydrogens is 353 g/mol. The largest absolute Gasteiger partial charge is 0.391 e. The van der Waals surface area contributed by atoms with Crippen molar-refractivity contribution < 1.29 is 9.50 Å². The summed E-state index contributed by atoms with van der Waals surface area (Å²) in [4.78, 5) is 6.56. The molecule has 2 atom stereocenters. The Morgan fingerprint density at radius 2 is 1.88 bits per heavy atom. The summed E-state index contributed by atoms with van der Waals surface area (Å²) < 4.78 is 14.8. The lowest BCUT2D eigenvalue weighted by atomic mass is 9.89. The summed E-state index contributed by atoms with van der Waals surface area (Å²) in [6.07, 6.45) is 7.58. The SMILES string of the molecule is OC1CCCCC1N1CCC(Nc2ccc3c(Cl)ccnc3c2F)CC1. The highest BCUT2D eigenvalue weighted by molar-refractivity contribution is 6.35. The van der Waals surface area contributed by atoms with E-state index in [9.17, 15) is 9.50 Å². The van der Waals surface area contributed by atoms with Gasteiger partial charge in [-0.2, -0.15) is 0 Å². The van der Waals surface area contributed by atoms with Crippen LogP contribution in [0.4, 0.5) is 10.1 Å². The molecule has 2 unspecified atom stereocenters. The van der Waals surface area contributed by atoms with Gasteiger partial charge in [0.2, 0.25) is 0 Å². The fourth-order valence-electron chi connectivity index (χ4n) is 4.37. The highest BCUT2D eigenvalue weighted by Gasteiger charge is 2.31. The molecule has 4 nitrogen and oxygen atoms in total. The molecule has 1 aliphatic heterocycles. The standard InChI is InChI=1S/C20H25ClFN3O/c21-15-7-10-23-20-14(15)5-6-16(19(20)22)24-13-8-11-25(12-9-13)17-3-1-2-4-18(17)26/h5-7,10,13,17-18,24,26H,1-4,8-9,11-12H2. The lowest BCUT2D eigenvalue weighted by Crippen LogP contribution is -2.50. The predicted octanol–water partition coefficient (Wildman–Crippen LogP) is 4.21. The number of nitrogens with zero attached hydrogens (tertiary/aromatic N) is 2. The number of fused-ring (bicyclic) bond motifs is 1. The van der Waals surface area contributed by atoms with Gasteiger partial charge in [0.1, 0.15) is 5.52 Å². The molecule has 6 heteroatoms. The molecule has 140 valence electrons. The first-order valence-electron chi connectivity index (χ1n) is 9.55. The van der Waals surface area contributed by atoms with Gasteiger partial charge < -0.3 is 10.4 Å². The average molecular weight is 378 g/mol. The average Bonchev–Trinajstić information content (AvgIpc) is 2.66. The summed E-state index contributed by atoms with van der Waals surface area (Å²) in [5, 5.41) is 14.8. The molecule has 1 aromatic carbocycles. The van der Waals surface area contributed by atoms with Crippen LogP contribution in [-0.4, -0.2) is 46.3 Å². The van der Waals surface area contributed by atoms with E-state index in [1.54, 1.807) is 12.1 Å². The van der Waals surface area contributed by atoms with Crippen LogP contribution in [0.2, 0.25) is 5.02 Å². The maximum atomic E-state index is 14.8. The summed E-state index contributed by atoms with van der Waals surface area (Å²) in [5.74, 6) is -0.338. The fraction of sp³-hybridized carbons (Fsp3) is 0.550. The Balaban J connectivity index is 1.41. The molecule has 2 heterocycles. The third-order valence-electron chi connectivity index (χ3n) is 5.85. The number of halogens is 2. The number of nitrogens with one attached hydrogen (secondary N) is 1. The van der Waals surface area contributed by atoms with E-state index in [4.69, 9.17) is 11.6 Å². The second kappa shape index (κ2) is 7.67. The summed E-state index contributed by atoms with van der Waals surface area (Å²) >= 11 is 6.12. The van der Waals surface area contributed by atoms with Crippen molar-refractivity contribution in [3.05, 3.63) is 35.2 Å². The Morgan fingerprint density at radius 1 is 1.12 bits per heavy atom. The summed E-state index contributed by atoms with van der Waals surface area (Å²) in [6, 6.07) is 5.78. The van der Waals surface area contributed by atoms with Gasteiger partial charge in [0.25, 0.3) is 0 Å². The molecule has 4 rings (SSSR count). The van der Waals surface area contributed by atoms with Crippen LogP contribution in [0.5, 0.6) is 0 Å². The molecule has 0 amide bonds. The van der Waals surface area contributed by atoms with Gasteiger partial charge >= 0.3 is 0 Å². The Bertz CT molecular complexity index is 779. The van der Waals surface area contributed by atoms with Gasteiger partial charge in [-0.25, -0.2) is 4.39 Å². The van der Waals surface area contributed by atoms with Crippen LogP contribution in [0.3, 0.4) is 0 Å². The maximum absolute atomic E-state index is 14.8. The van der Waals surface area contributed by atoms with E-state index >= 15 is 0 Å². The van der Waals surface area contributed by atoms with Crippen LogP contribution >= 0.6 is 11.6 Å². The highest BCUT2D eigenvalue weighted by Crippen LogP contribution is 2.30.